The van der Waals surface area contributed by atoms with Gasteiger partial charge in [-0.05, 0) is 61.9 Å². The van der Waals surface area contributed by atoms with Crippen LogP contribution in [0.4, 0.5) is 11.5 Å². The Morgan fingerprint density at radius 1 is 1.16 bits per heavy atom. The summed E-state index contributed by atoms with van der Waals surface area (Å²) in [5, 5.41) is 19.0. The molecule has 2 aromatic rings. The Morgan fingerprint density at radius 3 is 2.61 bits per heavy atom. The molecule has 0 unspecified atom stereocenters. The van der Waals surface area contributed by atoms with Crippen LogP contribution in [0.15, 0.2) is 36.4 Å². The Bertz CT molecular complexity index is 926. The lowest BCUT2D eigenvalue weighted by atomic mass is 9.78. The van der Waals surface area contributed by atoms with Crippen LogP contribution in [0, 0.1) is 17.3 Å². The molecule has 3 N–H and O–H groups in total. The first-order chi connectivity index (χ1) is 15.0. The van der Waals surface area contributed by atoms with Gasteiger partial charge in [0.1, 0.15) is 5.82 Å². The smallest absolute Gasteiger partial charge is 0.221 e. The number of nitrogens with one attached hydrogen (secondary N) is 3. The third-order valence-electron chi connectivity index (χ3n) is 7.04. The van der Waals surface area contributed by atoms with Crippen molar-refractivity contribution in [2.24, 2.45) is 17.3 Å². The standard InChI is InChI=1S/C24H31N5O2/c1-15(30)26-18-5-3-16(4-6-18)21-7-8-23(29-28-21)27-19-9-17-12-25-22(20(17)10-19)11-24(2)13-31-14-24/h3-8,17,19-20,22,25H,9-14H2,1-2H3,(H,26,30)(H,27,29)/t17-,19+,20+,22+/m1/s1. The molecule has 1 saturated carbocycles. The van der Waals surface area contributed by atoms with Crippen LogP contribution >= 0.6 is 0 Å². The topological polar surface area (TPSA) is 88.2 Å². The Labute approximate surface area is 183 Å². The van der Waals surface area contributed by atoms with Crippen molar-refractivity contribution in [3.05, 3.63) is 36.4 Å². The van der Waals surface area contributed by atoms with Gasteiger partial charge in [-0.25, -0.2) is 0 Å². The third-order valence-corrected chi connectivity index (χ3v) is 7.04. The highest BCUT2D eigenvalue weighted by Crippen LogP contribution is 2.44. The van der Waals surface area contributed by atoms with Crippen LogP contribution in [-0.2, 0) is 9.53 Å². The zero-order chi connectivity index (χ0) is 21.4. The third kappa shape index (κ3) is 4.43. The lowest BCUT2D eigenvalue weighted by Crippen LogP contribution is -2.45. The summed E-state index contributed by atoms with van der Waals surface area (Å²) in [6.07, 6.45) is 3.60. The van der Waals surface area contributed by atoms with E-state index in [9.17, 15) is 4.79 Å². The second-order valence-corrected chi connectivity index (χ2v) is 9.82. The van der Waals surface area contributed by atoms with E-state index in [1.165, 1.54) is 26.2 Å². The molecule has 7 heteroatoms. The molecule has 1 aliphatic carbocycles. The van der Waals surface area contributed by atoms with Crippen molar-refractivity contribution in [1.82, 2.24) is 15.5 Å². The number of ether oxygens (including phenoxy) is 1. The Hall–Kier alpha value is -2.51. The number of fused-ring (bicyclic) bond motifs is 1. The predicted molar refractivity (Wildman–Crippen MR) is 121 cm³/mol. The fraction of sp³-hybridized carbons (Fsp3) is 0.542. The lowest BCUT2D eigenvalue weighted by molar-refractivity contribution is -0.114. The molecule has 0 bridgehead atoms. The zero-order valence-corrected chi connectivity index (χ0v) is 18.2. The first kappa shape index (κ1) is 20.4. The van der Waals surface area contributed by atoms with Crippen molar-refractivity contribution < 1.29 is 9.53 Å². The van der Waals surface area contributed by atoms with Gasteiger partial charge in [0.05, 0.1) is 18.9 Å². The summed E-state index contributed by atoms with van der Waals surface area (Å²) < 4.78 is 5.45. The second kappa shape index (κ2) is 8.20. The minimum absolute atomic E-state index is 0.0765. The summed E-state index contributed by atoms with van der Waals surface area (Å²) in [6.45, 7) is 6.79. The molecule has 31 heavy (non-hydrogen) atoms. The van der Waals surface area contributed by atoms with Gasteiger partial charge in [-0.15, -0.1) is 10.2 Å². The normalized spacial score (nSPS) is 28.6. The van der Waals surface area contributed by atoms with E-state index in [4.69, 9.17) is 4.74 Å². The van der Waals surface area contributed by atoms with Gasteiger partial charge in [-0.3, -0.25) is 4.79 Å². The number of benzene rings is 1. The van der Waals surface area contributed by atoms with Crippen LogP contribution in [0.5, 0.6) is 0 Å². The van der Waals surface area contributed by atoms with Gasteiger partial charge in [-0.1, -0.05) is 19.1 Å². The molecule has 164 valence electrons. The van der Waals surface area contributed by atoms with E-state index in [-0.39, 0.29) is 5.91 Å². The molecule has 1 aromatic heterocycles. The number of nitrogens with zero attached hydrogens (tertiary/aromatic N) is 2. The van der Waals surface area contributed by atoms with Gasteiger partial charge in [0.25, 0.3) is 0 Å². The second-order valence-electron chi connectivity index (χ2n) is 9.82. The van der Waals surface area contributed by atoms with Crippen molar-refractivity contribution in [3.63, 3.8) is 0 Å². The predicted octanol–water partition coefficient (Wildman–Crippen LogP) is 3.31. The van der Waals surface area contributed by atoms with Crippen LogP contribution in [0.2, 0.25) is 0 Å². The number of hydrogen-bond donors (Lipinski definition) is 3. The minimum Gasteiger partial charge on any atom is -0.380 e. The molecule has 3 heterocycles. The van der Waals surface area contributed by atoms with Crippen molar-refractivity contribution in [1.29, 1.82) is 0 Å². The Balaban J connectivity index is 1.17. The van der Waals surface area contributed by atoms with Gasteiger partial charge in [0.15, 0.2) is 0 Å². The SMILES string of the molecule is CC(=O)Nc1ccc(-c2ccc(N[C@H]3C[C@@H]4CN[C@@H](CC5(C)COC5)[C@H]4C3)nn2)cc1. The van der Waals surface area contributed by atoms with E-state index in [0.29, 0.717) is 17.5 Å². The monoisotopic (exact) mass is 421 g/mol. The molecule has 4 atom stereocenters. The van der Waals surface area contributed by atoms with E-state index in [0.717, 1.165) is 54.4 Å². The van der Waals surface area contributed by atoms with E-state index in [2.05, 4.69) is 33.1 Å². The summed E-state index contributed by atoms with van der Waals surface area (Å²) in [5.74, 6) is 2.26. The molecule has 1 amide bonds. The molecule has 0 radical (unpaired) electrons. The molecular weight excluding hydrogens is 390 g/mol. The van der Waals surface area contributed by atoms with Crippen LogP contribution in [0.25, 0.3) is 11.3 Å². The summed E-state index contributed by atoms with van der Waals surface area (Å²) >= 11 is 0. The number of aromatic nitrogens is 2. The van der Waals surface area contributed by atoms with Crippen LogP contribution in [0.3, 0.4) is 0 Å². The molecule has 0 spiro atoms. The first-order valence-corrected chi connectivity index (χ1v) is 11.3. The Kier molecular flexibility index (Phi) is 5.40. The van der Waals surface area contributed by atoms with Gasteiger partial charge in [0.2, 0.25) is 5.91 Å². The number of amides is 1. The quantitative estimate of drug-likeness (QED) is 0.663. The van der Waals surface area contributed by atoms with Crippen molar-refractivity contribution in [3.8, 4) is 11.3 Å². The molecule has 2 saturated heterocycles. The molecule has 2 aliphatic heterocycles. The number of carbonyl (C=O) groups excluding carboxylic acids is 1. The van der Waals surface area contributed by atoms with E-state index >= 15 is 0 Å². The maximum Gasteiger partial charge on any atom is 0.221 e. The van der Waals surface area contributed by atoms with Gasteiger partial charge in [-0.2, -0.15) is 0 Å². The molecule has 1 aromatic carbocycles. The largest absolute Gasteiger partial charge is 0.380 e. The summed E-state index contributed by atoms with van der Waals surface area (Å²) in [4.78, 5) is 11.2. The first-order valence-electron chi connectivity index (χ1n) is 11.3. The molecule has 3 aliphatic rings. The van der Waals surface area contributed by atoms with Crippen LogP contribution < -0.4 is 16.0 Å². The lowest BCUT2D eigenvalue weighted by Gasteiger charge is -2.41. The van der Waals surface area contributed by atoms with Crippen molar-refractivity contribution >= 4 is 17.4 Å². The maximum absolute atomic E-state index is 11.2. The molecule has 5 rings (SSSR count). The maximum atomic E-state index is 11.2. The van der Waals surface area contributed by atoms with Gasteiger partial charge >= 0.3 is 0 Å². The molecule has 3 fully saturated rings. The van der Waals surface area contributed by atoms with Crippen LogP contribution in [0.1, 0.15) is 33.1 Å². The fourth-order valence-electron chi connectivity index (χ4n) is 5.48. The highest BCUT2D eigenvalue weighted by atomic mass is 16.5. The van der Waals surface area contributed by atoms with E-state index in [1.807, 2.05) is 36.4 Å². The van der Waals surface area contributed by atoms with Crippen molar-refractivity contribution in [2.75, 3.05) is 30.4 Å². The zero-order valence-electron chi connectivity index (χ0n) is 18.2. The average molecular weight is 422 g/mol. The van der Waals surface area contributed by atoms with E-state index in [1.54, 1.807) is 0 Å². The highest BCUT2D eigenvalue weighted by Gasteiger charge is 2.46. The number of rotatable bonds is 6. The summed E-state index contributed by atoms with van der Waals surface area (Å²) in [6, 6.07) is 12.7. The van der Waals surface area contributed by atoms with Crippen molar-refractivity contribution in [2.45, 2.75) is 45.2 Å². The minimum atomic E-state index is -0.0765. The summed E-state index contributed by atoms with van der Waals surface area (Å²) in [7, 11) is 0. The molecule has 7 nitrogen and oxygen atoms in total. The van der Waals surface area contributed by atoms with Gasteiger partial charge in [0, 0.05) is 35.7 Å². The summed E-state index contributed by atoms with van der Waals surface area (Å²) in [5.41, 5.74) is 2.94. The Morgan fingerprint density at radius 2 is 1.97 bits per heavy atom. The molecular formula is C24H31N5O2. The van der Waals surface area contributed by atoms with E-state index < -0.39 is 0 Å². The van der Waals surface area contributed by atoms with Crippen LogP contribution in [-0.4, -0.2) is 47.9 Å². The van der Waals surface area contributed by atoms with Gasteiger partial charge < -0.3 is 20.7 Å². The number of hydrogen-bond acceptors (Lipinski definition) is 6. The number of carbonyl (C=O) groups is 1. The average Bonchev–Trinajstić information content (AvgIpc) is 3.29. The fourth-order valence-corrected chi connectivity index (χ4v) is 5.48. The highest BCUT2D eigenvalue weighted by molar-refractivity contribution is 5.88. The number of anilines is 2.